The lowest BCUT2D eigenvalue weighted by molar-refractivity contribution is -0.0974. The first-order valence-corrected chi connectivity index (χ1v) is 3.97. The zero-order valence-electron chi connectivity index (χ0n) is 7.33. The molecule has 5 nitrogen and oxygen atoms in total. The van der Waals surface area contributed by atoms with E-state index >= 15 is 0 Å². The van der Waals surface area contributed by atoms with Gasteiger partial charge >= 0.3 is 0 Å². The molecule has 0 spiro atoms. The number of rotatable bonds is 7. The van der Waals surface area contributed by atoms with Gasteiger partial charge in [0.05, 0.1) is 19.8 Å². The van der Waals surface area contributed by atoms with E-state index in [1.807, 2.05) is 0 Å². The van der Waals surface area contributed by atoms with Crippen LogP contribution in [0.15, 0.2) is 12.7 Å². The summed E-state index contributed by atoms with van der Waals surface area (Å²) in [5, 5.41) is 35.7. The van der Waals surface area contributed by atoms with Crippen molar-refractivity contribution in [1.29, 1.82) is 0 Å². The van der Waals surface area contributed by atoms with Crippen LogP contribution in [0.1, 0.15) is 0 Å². The Morgan fingerprint density at radius 3 is 2.31 bits per heavy atom. The molecule has 0 saturated heterocycles. The minimum atomic E-state index is -1.39. The predicted octanol–water partition coefficient (Wildman–Crippen LogP) is -1.74. The van der Waals surface area contributed by atoms with Crippen LogP contribution in [0.5, 0.6) is 0 Å². The van der Waals surface area contributed by atoms with Gasteiger partial charge in [0.1, 0.15) is 18.3 Å². The number of aliphatic hydroxyl groups is 4. The van der Waals surface area contributed by atoms with Crippen LogP contribution in [-0.4, -0.2) is 58.6 Å². The van der Waals surface area contributed by atoms with Crippen molar-refractivity contribution in [2.24, 2.45) is 0 Å². The van der Waals surface area contributed by atoms with Crippen LogP contribution in [0.4, 0.5) is 0 Å². The monoisotopic (exact) mass is 192 g/mol. The SMILES string of the molecule is C=CCOC[C@H](O)[C@H](O)[C@H](O)CO. The van der Waals surface area contributed by atoms with E-state index in [1.165, 1.54) is 6.08 Å². The molecule has 0 amide bonds. The predicted molar refractivity (Wildman–Crippen MR) is 46.1 cm³/mol. The van der Waals surface area contributed by atoms with E-state index in [9.17, 15) is 0 Å². The minimum absolute atomic E-state index is 0.107. The molecule has 0 bridgehead atoms. The average molecular weight is 192 g/mol. The van der Waals surface area contributed by atoms with Crippen LogP contribution in [0.2, 0.25) is 0 Å². The fraction of sp³-hybridized carbons (Fsp3) is 0.750. The molecule has 0 aliphatic heterocycles. The van der Waals surface area contributed by atoms with Gasteiger partial charge < -0.3 is 25.2 Å². The zero-order valence-corrected chi connectivity index (χ0v) is 7.33. The molecule has 13 heavy (non-hydrogen) atoms. The third-order valence-corrected chi connectivity index (χ3v) is 1.50. The molecule has 3 atom stereocenters. The molecular weight excluding hydrogens is 176 g/mol. The normalized spacial score (nSPS) is 17.8. The van der Waals surface area contributed by atoms with E-state index in [2.05, 4.69) is 6.58 Å². The van der Waals surface area contributed by atoms with Crippen molar-refractivity contribution in [3.8, 4) is 0 Å². The third-order valence-electron chi connectivity index (χ3n) is 1.50. The Hall–Kier alpha value is -0.460. The van der Waals surface area contributed by atoms with E-state index in [0.717, 1.165) is 0 Å². The zero-order chi connectivity index (χ0) is 10.3. The largest absolute Gasteiger partial charge is 0.394 e. The van der Waals surface area contributed by atoms with Gasteiger partial charge in [-0.05, 0) is 0 Å². The summed E-state index contributed by atoms with van der Waals surface area (Å²) in [6.07, 6.45) is -2.44. The smallest absolute Gasteiger partial charge is 0.110 e. The van der Waals surface area contributed by atoms with Gasteiger partial charge in [0.15, 0.2) is 0 Å². The average Bonchev–Trinajstić information content (AvgIpc) is 2.15. The summed E-state index contributed by atoms with van der Waals surface area (Å²) in [6, 6.07) is 0. The van der Waals surface area contributed by atoms with Crippen LogP contribution in [0.3, 0.4) is 0 Å². The highest BCUT2D eigenvalue weighted by Gasteiger charge is 2.23. The van der Waals surface area contributed by atoms with E-state index in [0.29, 0.717) is 0 Å². The Morgan fingerprint density at radius 2 is 1.85 bits per heavy atom. The summed E-state index contributed by atoms with van der Waals surface area (Å²) in [5.74, 6) is 0. The number of ether oxygens (including phenoxy) is 1. The quantitative estimate of drug-likeness (QED) is 0.284. The molecule has 0 rings (SSSR count). The Kier molecular flexibility index (Phi) is 6.75. The maximum Gasteiger partial charge on any atom is 0.110 e. The summed E-state index contributed by atoms with van der Waals surface area (Å²) in [6.45, 7) is 2.95. The van der Waals surface area contributed by atoms with Crippen molar-refractivity contribution in [2.45, 2.75) is 18.3 Å². The summed E-state index contributed by atoms with van der Waals surface area (Å²) in [4.78, 5) is 0. The molecule has 0 fully saturated rings. The highest BCUT2D eigenvalue weighted by Crippen LogP contribution is 2.00. The number of hydrogen-bond acceptors (Lipinski definition) is 5. The molecule has 0 unspecified atom stereocenters. The summed E-state index contributed by atoms with van der Waals surface area (Å²) in [5.41, 5.74) is 0. The van der Waals surface area contributed by atoms with Crippen LogP contribution >= 0.6 is 0 Å². The fourth-order valence-electron chi connectivity index (χ4n) is 0.735. The minimum Gasteiger partial charge on any atom is -0.394 e. The second-order valence-corrected chi connectivity index (χ2v) is 2.63. The van der Waals surface area contributed by atoms with Gasteiger partial charge in [0.2, 0.25) is 0 Å². The Balaban J connectivity index is 3.67. The highest BCUT2D eigenvalue weighted by molar-refractivity contribution is 4.74. The molecule has 0 saturated carbocycles. The van der Waals surface area contributed by atoms with Gasteiger partial charge in [0, 0.05) is 0 Å². The van der Waals surface area contributed by atoms with Crippen LogP contribution < -0.4 is 0 Å². The number of hydrogen-bond donors (Lipinski definition) is 4. The van der Waals surface area contributed by atoms with E-state index in [4.69, 9.17) is 25.2 Å². The fourth-order valence-corrected chi connectivity index (χ4v) is 0.735. The van der Waals surface area contributed by atoms with E-state index in [1.54, 1.807) is 0 Å². The summed E-state index contributed by atoms with van der Waals surface area (Å²) < 4.78 is 4.84. The standard InChI is InChI=1S/C8H16O5/c1-2-3-13-5-7(11)8(12)6(10)4-9/h2,6-12H,1,3-5H2/t6-,7+,8-/m1/s1. The van der Waals surface area contributed by atoms with Gasteiger partial charge in [-0.15, -0.1) is 6.58 Å². The molecule has 0 aromatic heterocycles. The molecule has 5 heteroatoms. The first kappa shape index (κ1) is 12.5. The molecule has 0 aliphatic carbocycles. The molecule has 0 aromatic rings. The molecule has 4 N–H and O–H groups in total. The van der Waals surface area contributed by atoms with Crippen LogP contribution in [-0.2, 0) is 4.74 Å². The maximum absolute atomic E-state index is 9.17. The second kappa shape index (κ2) is 6.99. The van der Waals surface area contributed by atoms with Crippen molar-refractivity contribution in [3.63, 3.8) is 0 Å². The summed E-state index contributed by atoms with van der Waals surface area (Å²) in [7, 11) is 0. The lowest BCUT2D eigenvalue weighted by Gasteiger charge is -2.20. The van der Waals surface area contributed by atoms with Crippen molar-refractivity contribution >= 4 is 0 Å². The first-order valence-electron chi connectivity index (χ1n) is 3.97. The second-order valence-electron chi connectivity index (χ2n) is 2.63. The maximum atomic E-state index is 9.17. The van der Waals surface area contributed by atoms with Gasteiger partial charge in [-0.2, -0.15) is 0 Å². The lowest BCUT2D eigenvalue weighted by Crippen LogP contribution is -2.41. The molecule has 0 aliphatic rings. The van der Waals surface area contributed by atoms with E-state index in [-0.39, 0.29) is 13.2 Å². The molecule has 0 aromatic carbocycles. The Morgan fingerprint density at radius 1 is 1.23 bits per heavy atom. The first-order chi connectivity index (χ1) is 6.13. The van der Waals surface area contributed by atoms with Crippen molar-refractivity contribution in [2.75, 3.05) is 19.8 Å². The Labute approximate surface area is 76.9 Å². The van der Waals surface area contributed by atoms with Crippen LogP contribution in [0, 0.1) is 0 Å². The van der Waals surface area contributed by atoms with Crippen molar-refractivity contribution in [3.05, 3.63) is 12.7 Å². The topological polar surface area (TPSA) is 90.2 Å². The Bertz CT molecular complexity index is 138. The van der Waals surface area contributed by atoms with Gasteiger partial charge in [0.25, 0.3) is 0 Å². The van der Waals surface area contributed by atoms with Crippen LogP contribution in [0.25, 0.3) is 0 Å². The third kappa shape index (κ3) is 4.97. The van der Waals surface area contributed by atoms with Gasteiger partial charge in [-0.3, -0.25) is 0 Å². The lowest BCUT2D eigenvalue weighted by atomic mass is 10.1. The number of aliphatic hydroxyl groups excluding tert-OH is 4. The molecular formula is C8H16O5. The van der Waals surface area contributed by atoms with Crippen molar-refractivity contribution < 1.29 is 25.2 Å². The highest BCUT2D eigenvalue weighted by atomic mass is 16.5. The molecule has 0 radical (unpaired) electrons. The van der Waals surface area contributed by atoms with Crippen molar-refractivity contribution in [1.82, 2.24) is 0 Å². The van der Waals surface area contributed by atoms with Gasteiger partial charge in [-0.25, -0.2) is 0 Å². The molecule has 0 heterocycles. The summed E-state index contributed by atoms with van der Waals surface area (Å²) >= 11 is 0. The van der Waals surface area contributed by atoms with E-state index < -0.39 is 24.9 Å². The van der Waals surface area contributed by atoms with Gasteiger partial charge in [-0.1, -0.05) is 6.08 Å². The molecule has 78 valence electrons.